The van der Waals surface area contributed by atoms with Crippen molar-refractivity contribution in [3.05, 3.63) is 71.4 Å². The third kappa shape index (κ3) is 5.45. The van der Waals surface area contributed by atoms with E-state index in [-0.39, 0.29) is 12.2 Å². The molecule has 1 saturated heterocycles. The Labute approximate surface area is 204 Å². The Balaban J connectivity index is 1.41. The van der Waals surface area contributed by atoms with E-state index in [2.05, 4.69) is 15.5 Å². The molecule has 4 aromatic rings. The zero-order chi connectivity index (χ0) is 24.2. The van der Waals surface area contributed by atoms with Crippen molar-refractivity contribution in [1.82, 2.24) is 14.9 Å². The molecule has 0 saturated carbocycles. The van der Waals surface area contributed by atoms with E-state index in [1.165, 1.54) is 17.4 Å². The second kappa shape index (κ2) is 10.4. The molecule has 0 spiro atoms. The number of aromatic nitrogens is 2. The van der Waals surface area contributed by atoms with Crippen molar-refractivity contribution in [3.8, 4) is 11.1 Å². The zero-order valence-electron chi connectivity index (χ0n) is 18.8. The number of carbonyl (C=O) groups is 1. The second-order valence-corrected chi connectivity index (χ2v) is 8.96. The van der Waals surface area contributed by atoms with Crippen LogP contribution in [0.2, 0.25) is 0 Å². The molecule has 0 bridgehead atoms. The number of nitrogens with zero attached hydrogens (tertiary/aromatic N) is 3. The molecule has 7 nitrogen and oxygen atoms in total. The van der Waals surface area contributed by atoms with Crippen LogP contribution in [0.4, 0.5) is 20.3 Å². The van der Waals surface area contributed by atoms with E-state index >= 15 is 0 Å². The van der Waals surface area contributed by atoms with Gasteiger partial charge in [-0.1, -0.05) is 30.3 Å². The number of hydrogen-bond acceptors (Lipinski definition) is 7. The van der Waals surface area contributed by atoms with Crippen LogP contribution in [0.3, 0.4) is 0 Å². The molecular formula is C25H23F2N5O2S. The molecule has 0 radical (unpaired) electrons. The Morgan fingerprint density at radius 1 is 1.06 bits per heavy atom. The summed E-state index contributed by atoms with van der Waals surface area (Å²) in [5.41, 5.74) is 2.18. The lowest BCUT2D eigenvalue weighted by Gasteiger charge is -2.25. The maximum absolute atomic E-state index is 13.5. The number of fused-ring (bicyclic) bond motifs is 1. The van der Waals surface area contributed by atoms with E-state index < -0.39 is 17.5 Å². The predicted molar refractivity (Wildman–Crippen MR) is 132 cm³/mol. The molecule has 1 fully saturated rings. The highest BCUT2D eigenvalue weighted by molar-refractivity contribution is 7.17. The van der Waals surface area contributed by atoms with Crippen molar-refractivity contribution in [2.45, 2.75) is 6.54 Å². The smallest absolute Gasteiger partial charge is 0.243 e. The van der Waals surface area contributed by atoms with Crippen molar-refractivity contribution in [1.29, 1.82) is 0 Å². The first-order valence-electron chi connectivity index (χ1n) is 11.2. The number of rotatable bonds is 7. The topological polar surface area (TPSA) is 79.4 Å². The van der Waals surface area contributed by atoms with Gasteiger partial charge in [-0.3, -0.25) is 9.69 Å². The maximum Gasteiger partial charge on any atom is 0.243 e. The molecule has 1 aliphatic heterocycles. The fraction of sp³-hybridized carbons (Fsp3) is 0.240. The van der Waals surface area contributed by atoms with Gasteiger partial charge in [-0.15, -0.1) is 11.3 Å². The molecule has 1 aliphatic rings. The molecule has 0 aliphatic carbocycles. The minimum absolute atomic E-state index is 0.105. The first-order valence-corrected chi connectivity index (χ1v) is 12.1. The zero-order valence-corrected chi connectivity index (χ0v) is 19.6. The number of benzene rings is 2. The van der Waals surface area contributed by atoms with Crippen molar-refractivity contribution >= 4 is 39.0 Å². The van der Waals surface area contributed by atoms with Crippen LogP contribution in [0.25, 0.3) is 21.3 Å². The lowest BCUT2D eigenvalue weighted by molar-refractivity contribution is -0.114. The molecule has 2 aromatic heterocycles. The van der Waals surface area contributed by atoms with Gasteiger partial charge in [-0.05, 0) is 17.7 Å². The number of nitrogens with one attached hydrogen (secondary N) is 2. The first-order chi connectivity index (χ1) is 17.1. The average molecular weight is 496 g/mol. The molecule has 35 heavy (non-hydrogen) atoms. The van der Waals surface area contributed by atoms with Gasteiger partial charge in [0.1, 0.15) is 16.5 Å². The largest absolute Gasteiger partial charge is 0.379 e. The van der Waals surface area contributed by atoms with Crippen LogP contribution in [0, 0.1) is 11.6 Å². The second-order valence-electron chi connectivity index (χ2n) is 8.10. The number of amides is 1. The fourth-order valence-corrected chi connectivity index (χ4v) is 4.88. The number of anilines is 2. The molecule has 0 atom stereocenters. The van der Waals surface area contributed by atoms with Gasteiger partial charge < -0.3 is 15.4 Å². The fourth-order valence-electron chi connectivity index (χ4n) is 3.92. The number of hydrogen-bond donors (Lipinski definition) is 2. The molecule has 3 heterocycles. The van der Waals surface area contributed by atoms with Gasteiger partial charge >= 0.3 is 0 Å². The van der Waals surface area contributed by atoms with Gasteiger partial charge in [0, 0.05) is 35.8 Å². The normalized spacial score (nSPS) is 14.2. The summed E-state index contributed by atoms with van der Waals surface area (Å²) in [6.45, 7) is 3.43. The highest BCUT2D eigenvalue weighted by atomic mass is 32.1. The monoisotopic (exact) mass is 495 g/mol. The molecule has 180 valence electrons. The van der Waals surface area contributed by atoms with Crippen molar-refractivity contribution in [2.75, 3.05) is 43.5 Å². The predicted octanol–water partition coefficient (Wildman–Crippen LogP) is 4.52. The summed E-state index contributed by atoms with van der Waals surface area (Å²) < 4.78 is 32.1. The van der Waals surface area contributed by atoms with E-state index in [1.807, 2.05) is 35.7 Å². The summed E-state index contributed by atoms with van der Waals surface area (Å²) in [5, 5.41) is 8.60. The Hall–Kier alpha value is -3.47. The minimum Gasteiger partial charge on any atom is -0.379 e. The van der Waals surface area contributed by atoms with Crippen molar-refractivity contribution in [3.63, 3.8) is 0 Å². The van der Waals surface area contributed by atoms with Crippen LogP contribution in [0.1, 0.15) is 5.82 Å². The van der Waals surface area contributed by atoms with Crippen LogP contribution < -0.4 is 10.6 Å². The Bertz CT molecular complexity index is 1340. The average Bonchev–Trinajstić information content (AvgIpc) is 3.30. The maximum atomic E-state index is 13.5. The Morgan fingerprint density at radius 2 is 1.86 bits per heavy atom. The van der Waals surface area contributed by atoms with Crippen LogP contribution >= 0.6 is 11.3 Å². The molecular weight excluding hydrogens is 472 g/mol. The van der Waals surface area contributed by atoms with Gasteiger partial charge in [-0.2, -0.15) is 0 Å². The van der Waals surface area contributed by atoms with Crippen LogP contribution in [0.15, 0.2) is 53.9 Å². The van der Waals surface area contributed by atoms with Gasteiger partial charge in [-0.25, -0.2) is 18.7 Å². The molecule has 5 rings (SSSR count). The Morgan fingerprint density at radius 3 is 2.63 bits per heavy atom. The summed E-state index contributed by atoms with van der Waals surface area (Å²) >= 11 is 1.53. The summed E-state index contributed by atoms with van der Waals surface area (Å²) in [4.78, 5) is 25.2. The van der Waals surface area contributed by atoms with Gasteiger partial charge in [0.05, 0.1) is 31.7 Å². The summed E-state index contributed by atoms with van der Waals surface area (Å²) in [5.74, 6) is -1.19. The number of morpholine rings is 1. The van der Waals surface area contributed by atoms with E-state index in [0.29, 0.717) is 31.4 Å². The third-order valence-corrected chi connectivity index (χ3v) is 6.53. The van der Waals surface area contributed by atoms with E-state index in [0.717, 1.165) is 46.6 Å². The summed E-state index contributed by atoms with van der Waals surface area (Å²) in [6, 6.07) is 13.2. The van der Waals surface area contributed by atoms with Gasteiger partial charge in [0.2, 0.25) is 5.91 Å². The van der Waals surface area contributed by atoms with Crippen molar-refractivity contribution < 1.29 is 18.3 Å². The molecule has 1 amide bonds. The third-order valence-electron chi connectivity index (χ3n) is 5.65. The first kappa shape index (κ1) is 23.3. The molecule has 10 heteroatoms. The molecule has 2 N–H and O–H groups in total. The molecule has 0 unspecified atom stereocenters. The number of carbonyl (C=O) groups excluding carboxylic acids is 1. The van der Waals surface area contributed by atoms with Gasteiger partial charge in [0.15, 0.2) is 11.6 Å². The van der Waals surface area contributed by atoms with E-state index in [1.54, 1.807) is 0 Å². The lowest BCUT2D eigenvalue weighted by Crippen LogP contribution is -2.36. The van der Waals surface area contributed by atoms with Crippen LogP contribution in [-0.4, -0.2) is 53.6 Å². The SMILES string of the molecule is O=C(CNc1nc(CN2CCOCC2)nc2scc(-c3ccccc3)c12)Nc1ccc(F)c(F)c1. The molecule has 2 aromatic carbocycles. The summed E-state index contributed by atoms with van der Waals surface area (Å²) in [7, 11) is 0. The number of ether oxygens (including phenoxy) is 1. The lowest BCUT2D eigenvalue weighted by atomic mass is 10.1. The minimum atomic E-state index is -1.02. The highest BCUT2D eigenvalue weighted by Gasteiger charge is 2.19. The van der Waals surface area contributed by atoms with E-state index in [4.69, 9.17) is 14.7 Å². The van der Waals surface area contributed by atoms with Crippen LogP contribution in [0.5, 0.6) is 0 Å². The Kier molecular flexibility index (Phi) is 6.94. The van der Waals surface area contributed by atoms with Crippen molar-refractivity contribution in [2.24, 2.45) is 0 Å². The standard InChI is InChI=1S/C25H23F2N5O2S/c26-19-7-6-17(12-20(19)27)29-22(33)13-28-24-23-18(16-4-2-1-3-5-16)15-35-25(23)31-21(30-24)14-32-8-10-34-11-9-32/h1-7,12,15H,8-11,13-14H2,(H,29,33)(H,28,30,31). The number of thiophene rings is 1. The van der Waals surface area contributed by atoms with Gasteiger partial charge in [0.25, 0.3) is 0 Å². The highest BCUT2D eigenvalue weighted by Crippen LogP contribution is 2.37. The van der Waals surface area contributed by atoms with Crippen LogP contribution in [-0.2, 0) is 16.1 Å². The van der Waals surface area contributed by atoms with E-state index in [9.17, 15) is 13.6 Å². The quantitative estimate of drug-likeness (QED) is 0.393. The summed E-state index contributed by atoms with van der Waals surface area (Å²) in [6.07, 6.45) is 0. The number of halogens is 2.